The zero-order valence-electron chi connectivity index (χ0n) is 13.4. The Bertz CT molecular complexity index is 668. The number of benzene rings is 1. The van der Waals surface area contributed by atoms with Crippen molar-refractivity contribution in [2.24, 2.45) is 11.7 Å². The number of carbonyl (C=O) groups is 1. The maximum atomic E-state index is 12.5. The van der Waals surface area contributed by atoms with E-state index in [4.69, 9.17) is 5.73 Å². The first-order valence-corrected chi connectivity index (χ1v) is 8.15. The van der Waals surface area contributed by atoms with Crippen LogP contribution in [0.5, 0.6) is 0 Å². The van der Waals surface area contributed by atoms with E-state index in [-0.39, 0.29) is 11.9 Å². The highest BCUT2D eigenvalue weighted by Gasteiger charge is 2.25. The van der Waals surface area contributed by atoms with Crippen molar-refractivity contribution in [2.45, 2.75) is 38.6 Å². The molecule has 6 nitrogen and oxygen atoms in total. The van der Waals surface area contributed by atoms with Crippen LogP contribution in [-0.2, 0) is 0 Å². The molecule has 1 amide bonds. The SMILES string of the molecule is Cc1cc(C(=O)NC2CCCCC2CN)ccc1-n1cncn1. The van der Waals surface area contributed by atoms with Gasteiger partial charge in [0.2, 0.25) is 0 Å². The highest BCUT2D eigenvalue weighted by molar-refractivity contribution is 5.94. The molecule has 0 aliphatic heterocycles. The highest BCUT2D eigenvalue weighted by Crippen LogP contribution is 2.24. The highest BCUT2D eigenvalue weighted by atomic mass is 16.1. The molecule has 2 aromatic rings. The zero-order chi connectivity index (χ0) is 16.2. The molecule has 2 atom stereocenters. The molecule has 6 heteroatoms. The summed E-state index contributed by atoms with van der Waals surface area (Å²) in [7, 11) is 0. The van der Waals surface area contributed by atoms with Crippen molar-refractivity contribution in [1.29, 1.82) is 0 Å². The molecule has 1 aromatic carbocycles. The fourth-order valence-electron chi connectivity index (χ4n) is 3.32. The predicted molar refractivity (Wildman–Crippen MR) is 88.4 cm³/mol. The maximum absolute atomic E-state index is 12.5. The summed E-state index contributed by atoms with van der Waals surface area (Å²) in [5.74, 6) is 0.367. The van der Waals surface area contributed by atoms with Gasteiger partial charge in [-0.1, -0.05) is 12.8 Å². The lowest BCUT2D eigenvalue weighted by Crippen LogP contribution is -2.44. The standard InChI is InChI=1S/C17H23N5O/c1-12-8-13(6-7-16(12)22-11-19-10-20-22)17(23)21-15-5-3-2-4-14(15)9-18/h6-8,10-11,14-15H,2-5,9,18H2,1H3,(H,21,23). The molecular formula is C17H23N5O. The van der Waals surface area contributed by atoms with E-state index in [1.165, 1.54) is 12.7 Å². The Morgan fingerprint density at radius 2 is 2.22 bits per heavy atom. The number of nitrogens with zero attached hydrogens (tertiary/aromatic N) is 3. The van der Waals surface area contributed by atoms with E-state index in [2.05, 4.69) is 15.4 Å². The van der Waals surface area contributed by atoms with E-state index in [1.54, 1.807) is 11.0 Å². The summed E-state index contributed by atoms with van der Waals surface area (Å²) in [6.45, 7) is 2.60. The fraction of sp³-hybridized carbons (Fsp3) is 0.471. The molecule has 122 valence electrons. The molecule has 3 rings (SSSR count). The number of hydrogen-bond acceptors (Lipinski definition) is 4. The lowest BCUT2D eigenvalue weighted by molar-refractivity contribution is 0.0908. The number of aryl methyl sites for hydroxylation is 1. The third-order valence-corrected chi connectivity index (χ3v) is 4.65. The van der Waals surface area contributed by atoms with Gasteiger partial charge in [0, 0.05) is 11.6 Å². The first-order chi connectivity index (χ1) is 11.2. The zero-order valence-corrected chi connectivity index (χ0v) is 13.4. The summed E-state index contributed by atoms with van der Waals surface area (Å²) < 4.78 is 1.70. The Labute approximate surface area is 136 Å². The minimum absolute atomic E-state index is 0.0245. The summed E-state index contributed by atoms with van der Waals surface area (Å²) in [6.07, 6.45) is 7.63. The van der Waals surface area contributed by atoms with Crippen molar-refractivity contribution in [3.8, 4) is 5.69 Å². The van der Waals surface area contributed by atoms with Crippen LogP contribution in [0, 0.1) is 12.8 Å². The van der Waals surface area contributed by atoms with Crippen LogP contribution in [0.4, 0.5) is 0 Å². The minimum atomic E-state index is -0.0245. The van der Waals surface area contributed by atoms with Crippen LogP contribution < -0.4 is 11.1 Å². The van der Waals surface area contributed by atoms with Gasteiger partial charge in [0.05, 0.1) is 5.69 Å². The molecule has 2 unspecified atom stereocenters. The van der Waals surface area contributed by atoms with E-state index < -0.39 is 0 Å². The number of rotatable bonds is 4. The van der Waals surface area contributed by atoms with Crippen molar-refractivity contribution >= 4 is 5.91 Å². The molecule has 1 aliphatic rings. The van der Waals surface area contributed by atoms with Crippen LogP contribution in [0.15, 0.2) is 30.9 Å². The first-order valence-electron chi connectivity index (χ1n) is 8.15. The smallest absolute Gasteiger partial charge is 0.251 e. The second-order valence-electron chi connectivity index (χ2n) is 6.20. The van der Waals surface area contributed by atoms with Crippen LogP contribution in [-0.4, -0.2) is 33.3 Å². The molecule has 0 bridgehead atoms. The van der Waals surface area contributed by atoms with E-state index in [0.717, 1.165) is 30.5 Å². The number of aromatic nitrogens is 3. The molecule has 0 radical (unpaired) electrons. The molecule has 23 heavy (non-hydrogen) atoms. The van der Waals surface area contributed by atoms with Gasteiger partial charge >= 0.3 is 0 Å². The van der Waals surface area contributed by atoms with Gasteiger partial charge in [-0.3, -0.25) is 4.79 Å². The molecular weight excluding hydrogens is 290 g/mol. The quantitative estimate of drug-likeness (QED) is 0.901. The van der Waals surface area contributed by atoms with Gasteiger partial charge in [0.1, 0.15) is 12.7 Å². The molecule has 1 heterocycles. The molecule has 1 aromatic heterocycles. The van der Waals surface area contributed by atoms with Crippen LogP contribution in [0.1, 0.15) is 41.6 Å². The molecule has 0 spiro atoms. The summed E-state index contributed by atoms with van der Waals surface area (Å²) >= 11 is 0. The average molecular weight is 313 g/mol. The number of nitrogens with two attached hydrogens (primary N) is 1. The monoisotopic (exact) mass is 313 g/mol. The molecule has 3 N–H and O–H groups in total. The summed E-state index contributed by atoms with van der Waals surface area (Å²) in [4.78, 5) is 16.5. The van der Waals surface area contributed by atoms with Crippen LogP contribution >= 0.6 is 0 Å². The predicted octanol–water partition coefficient (Wildman–Crippen LogP) is 1.82. The fourth-order valence-corrected chi connectivity index (χ4v) is 3.32. The molecule has 1 fully saturated rings. The van der Waals surface area contributed by atoms with E-state index in [9.17, 15) is 4.79 Å². The lowest BCUT2D eigenvalue weighted by Gasteiger charge is -2.31. The maximum Gasteiger partial charge on any atom is 0.251 e. The van der Waals surface area contributed by atoms with Gasteiger partial charge in [0.25, 0.3) is 5.91 Å². The van der Waals surface area contributed by atoms with Crippen molar-refractivity contribution in [3.05, 3.63) is 42.0 Å². The second kappa shape index (κ2) is 6.91. The average Bonchev–Trinajstić information content (AvgIpc) is 3.09. The Morgan fingerprint density at radius 3 is 2.91 bits per heavy atom. The number of amides is 1. The van der Waals surface area contributed by atoms with Gasteiger partial charge in [0.15, 0.2) is 0 Å². The van der Waals surface area contributed by atoms with Gasteiger partial charge in [-0.15, -0.1) is 0 Å². The topological polar surface area (TPSA) is 85.8 Å². The summed E-state index contributed by atoms with van der Waals surface area (Å²) in [5.41, 5.74) is 8.43. The minimum Gasteiger partial charge on any atom is -0.349 e. The normalized spacial score (nSPS) is 21.1. The number of nitrogens with one attached hydrogen (secondary N) is 1. The van der Waals surface area contributed by atoms with Crippen LogP contribution in [0.2, 0.25) is 0 Å². The van der Waals surface area contributed by atoms with Crippen molar-refractivity contribution in [3.63, 3.8) is 0 Å². The Morgan fingerprint density at radius 1 is 1.39 bits per heavy atom. The van der Waals surface area contributed by atoms with Gasteiger partial charge in [-0.05, 0) is 56.0 Å². The summed E-state index contributed by atoms with van der Waals surface area (Å²) in [5, 5.41) is 7.29. The van der Waals surface area contributed by atoms with Gasteiger partial charge < -0.3 is 11.1 Å². The number of carbonyl (C=O) groups excluding carboxylic acids is 1. The van der Waals surface area contributed by atoms with Crippen LogP contribution in [0.3, 0.4) is 0 Å². The van der Waals surface area contributed by atoms with Crippen molar-refractivity contribution in [1.82, 2.24) is 20.1 Å². The molecule has 1 saturated carbocycles. The Kier molecular flexibility index (Phi) is 4.71. The van der Waals surface area contributed by atoms with Gasteiger partial charge in [-0.25, -0.2) is 9.67 Å². The third-order valence-electron chi connectivity index (χ3n) is 4.65. The van der Waals surface area contributed by atoms with E-state index in [1.807, 2.05) is 25.1 Å². The summed E-state index contributed by atoms with van der Waals surface area (Å²) in [6, 6.07) is 5.82. The second-order valence-corrected chi connectivity index (χ2v) is 6.20. The van der Waals surface area contributed by atoms with Crippen molar-refractivity contribution in [2.75, 3.05) is 6.54 Å². The largest absolute Gasteiger partial charge is 0.349 e. The van der Waals surface area contributed by atoms with Crippen molar-refractivity contribution < 1.29 is 4.79 Å². The van der Waals surface area contributed by atoms with E-state index >= 15 is 0 Å². The molecule has 0 saturated heterocycles. The Balaban J connectivity index is 1.74. The van der Waals surface area contributed by atoms with Crippen LogP contribution in [0.25, 0.3) is 5.69 Å². The first kappa shape index (κ1) is 15.7. The molecule has 1 aliphatic carbocycles. The third kappa shape index (κ3) is 3.42. The van der Waals surface area contributed by atoms with Gasteiger partial charge in [-0.2, -0.15) is 5.10 Å². The van der Waals surface area contributed by atoms with E-state index in [0.29, 0.717) is 18.0 Å². The number of hydrogen-bond donors (Lipinski definition) is 2. The lowest BCUT2D eigenvalue weighted by atomic mass is 9.84. The Hall–Kier alpha value is -2.21.